The van der Waals surface area contributed by atoms with Crippen molar-refractivity contribution in [3.05, 3.63) is 70.0 Å². The van der Waals surface area contributed by atoms with Crippen molar-refractivity contribution >= 4 is 28.3 Å². The Balaban J connectivity index is 1.54. The monoisotopic (exact) mass is 376 g/mol. The van der Waals surface area contributed by atoms with Crippen LogP contribution in [0.2, 0.25) is 0 Å². The van der Waals surface area contributed by atoms with Gasteiger partial charge in [-0.2, -0.15) is 0 Å². The zero-order valence-electron chi connectivity index (χ0n) is 15.5. The normalized spacial score (nSPS) is 13.5. The van der Waals surface area contributed by atoms with Crippen molar-refractivity contribution in [3.8, 4) is 5.75 Å². The lowest BCUT2D eigenvalue weighted by atomic mass is 9.99. The van der Waals surface area contributed by atoms with Crippen LogP contribution in [0.15, 0.2) is 53.3 Å². The van der Waals surface area contributed by atoms with Crippen LogP contribution in [0, 0.1) is 0 Å². The third kappa shape index (κ3) is 3.29. The Kier molecular flexibility index (Phi) is 4.69. The first-order valence-corrected chi connectivity index (χ1v) is 9.19. The van der Waals surface area contributed by atoms with Gasteiger partial charge in [0, 0.05) is 36.6 Å². The highest BCUT2D eigenvalue weighted by Gasteiger charge is 2.26. The molecule has 0 saturated carbocycles. The summed E-state index contributed by atoms with van der Waals surface area (Å²) < 4.78 is 5.18. The molecule has 28 heavy (non-hydrogen) atoms. The van der Waals surface area contributed by atoms with E-state index >= 15 is 0 Å². The average Bonchev–Trinajstić information content (AvgIpc) is 2.72. The van der Waals surface area contributed by atoms with Gasteiger partial charge in [0.05, 0.1) is 18.3 Å². The molecule has 6 nitrogen and oxygen atoms in total. The molecule has 1 amide bonds. The van der Waals surface area contributed by atoms with Crippen LogP contribution in [-0.4, -0.2) is 30.3 Å². The van der Waals surface area contributed by atoms with Crippen LogP contribution >= 0.6 is 0 Å². The number of hydrogen-bond donors (Lipinski definition) is 1. The summed E-state index contributed by atoms with van der Waals surface area (Å²) in [5.41, 5.74) is 2.29. The van der Waals surface area contributed by atoms with Gasteiger partial charge in [-0.15, -0.1) is 0 Å². The first kappa shape index (κ1) is 18.0. The van der Waals surface area contributed by atoms with Gasteiger partial charge in [-0.1, -0.05) is 12.1 Å². The highest BCUT2D eigenvalue weighted by Crippen LogP contribution is 2.27. The lowest BCUT2D eigenvalue weighted by Gasteiger charge is -2.28. The van der Waals surface area contributed by atoms with Crippen molar-refractivity contribution in [1.82, 2.24) is 4.98 Å². The predicted molar refractivity (Wildman–Crippen MR) is 107 cm³/mol. The van der Waals surface area contributed by atoms with Crippen molar-refractivity contribution in [2.45, 2.75) is 19.3 Å². The van der Waals surface area contributed by atoms with E-state index in [1.807, 2.05) is 24.3 Å². The summed E-state index contributed by atoms with van der Waals surface area (Å²) in [5.74, 6) is 0.639. The first-order valence-electron chi connectivity index (χ1n) is 9.19. The van der Waals surface area contributed by atoms with Crippen LogP contribution < -0.4 is 15.2 Å². The number of hydrogen-bond acceptors (Lipinski definition) is 4. The number of aromatic nitrogens is 1. The minimum atomic E-state index is -0.206. The molecule has 2 aromatic carbocycles. The van der Waals surface area contributed by atoms with Crippen molar-refractivity contribution in [1.29, 1.82) is 0 Å². The van der Waals surface area contributed by atoms with Crippen molar-refractivity contribution in [2.24, 2.45) is 0 Å². The molecule has 0 radical (unpaired) electrons. The zero-order valence-corrected chi connectivity index (χ0v) is 15.5. The van der Waals surface area contributed by atoms with Gasteiger partial charge in [0.15, 0.2) is 5.78 Å². The first-order chi connectivity index (χ1) is 13.6. The van der Waals surface area contributed by atoms with E-state index in [1.54, 1.807) is 36.3 Å². The van der Waals surface area contributed by atoms with E-state index in [4.69, 9.17) is 4.74 Å². The van der Waals surface area contributed by atoms with E-state index < -0.39 is 0 Å². The highest BCUT2D eigenvalue weighted by atomic mass is 16.5. The van der Waals surface area contributed by atoms with Gasteiger partial charge in [0.2, 0.25) is 5.91 Å². The van der Waals surface area contributed by atoms with E-state index in [-0.39, 0.29) is 23.7 Å². The minimum absolute atomic E-state index is 0.0565. The number of nitrogens with zero attached hydrogens (tertiary/aromatic N) is 1. The Morgan fingerprint density at radius 3 is 2.79 bits per heavy atom. The maximum Gasteiger partial charge on any atom is 0.251 e. The van der Waals surface area contributed by atoms with Crippen molar-refractivity contribution in [3.63, 3.8) is 0 Å². The summed E-state index contributed by atoms with van der Waals surface area (Å²) in [5, 5.41) is 0.886. The molecule has 0 aliphatic carbocycles. The van der Waals surface area contributed by atoms with Gasteiger partial charge in [0.1, 0.15) is 5.75 Å². The molecule has 0 unspecified atom stereocenters. The number of para-hydroxylation sites is 1. The Labute approximate surface area is 161 Å². The summed E-state index contributed by atoms with van der Waals surface area (Å²) in [6.45, 7) is 0.378. The zero-order chi connectivity index (χ0) is 19.7. The number of nitrogens with one attached hydrogen (secondary N) is 1. The predicted octanol–water partition coefficient (Wildman–Crippen LogP) is 3.09. The van der Waals surface area contributed by atoms with Crippen LogP contribution in [0.5, 0.6) is 5.75 Å². The van der Waals surface area contributed by atoms with E-state index in [2.05, 4.69) is 4.98 Å². The largest absolute Gasteiger partial charge is 0.497 e. The van der Waals surface area contributed by atoms with E-state index in [9.17, 15) is 14.4 Å². The van der Waals surface area contributed by atoms with Crippen molar-refractivity contribution < 1.29 is 14.3 Å². The third-order valence-electron chi connectivity index (χ3n) is 5.10. The number of rotatable bonds is 4. The van der Waals surface area contributed by atoms with E-state index in [0.29, 0.717) is 47.5 Å². The molecule has 3 aromatic rings. The lowest BCUT2D eigenvalue weighted by molar-refractivity contribution is -0.118. The van der Waals surface area contributed by atoms with Crippen molar-refractivity contribution in [2.75, 3.05) is 18.6 Å². The number of methoxy groups -OCH3 is 1. The number of anilines is 1. The van der Waals surface area contributed by atoms with E-state index in [0.717, 1.165) is 5.39 Å². The fourth-order valence-corrected chi connectivity index (χ4v) is 3.59. The molecule has 6 heteroatoms. The number of Topliss-reactive ketones (excluding diaryl/α,β-unsaturated/α-hetero) is 1. The molecular formula is C22H20N2O4. The molecule has 1 aromatic heterocycles. The maximum absolute atomic E-state index is 12.8. The molecular weight excluding hydrogens is 356 g/mol. The summed E-state index contributed by atoms with van der Waals surface area (Å²) in [7, 11) is 1.57. The molecule has 0 bridgehead atoms. The number of ketones is 1. The number of fused-ring (bicyclic) bond motifs is 2. The summed E-state index contributed by atoms with van der Waals surface area (Å²) >= 11 is 0. The summed E-state index contributed by atoms with van der Waals surface area (Å²) in [4.78, 5) is 41.7. The molecule has 1 aliphatic heterocycles. The Morgan fingerprint density at radius 1 is 1.14 bits per heavy atom. The fraction of sp³-hybridized carbons (Fsp3) is 0.227. The van der Waals surface area contributed by atoms with Crippen LogP contribution in [0.4, 0.5) is 5.69 Å². The number of aryl methyl sites for hydroxylation is 1. The standard InChI is InChI=1S/C22H20N2O4/c1-28-16-8-6-14-12-15(22(27)23-18(14)13-16)7-9-21(26)24-11-10-20(25)17-4-2-3-5-19(17)24/h2-6,8,12-13H,7,9-11H2,1H3,(H,23,27). The number of benzene rings is 2. The topological polar surface area (TPSA) is 79.5 Å². The summed E-state index contributed by atoms with van der Waals surface area (Å²) in [6, 6.07) is 14.5. The average molecular weight is 376 g/mol. The molecule has 0 spiro atoms. The van der Waals surface area contributed by atoms with Gasteiger partial charge in [0.25, 0.3) is 5.56 Å². The lowest BCUT2D eigenvalue weighted by Crippen LogP contribution is -2.37. The summed E-state index contributed by atoms with van der Waals surface area (Å²) in [6.07, 6.45) is 0.858. The number of carbonyl (C=O) groups excluding carboxylic acids is 2. The molecule has 1 N–H and O–H groups in total. The quantitative estimate of drug-likeness (QED) is 0.759. The van der Waals surface area contributed by atoms with E-state index in [1.165, 1.54) is 0 Å². The molecule has 0 fully saturated rings. The Morgan fingerprint density at radius 2 is 1.96 bits per heavy atom. The molecule has 142 valence electrons. The molecule has 4 rings (SSSR count). The number of ether oxygens (including phenoxy) is 1. The Hall–Kier alpha value is -3.41. The second-order valence-corrected chi connectivity index (χ2v) is 6.81. The maximum atomic E-state index is 12.8. The molecule has 2 heterocycles. The second kappa shape index (κ2) is 7.31. The molecule has 1 aliphatic rings. The van der Waals surface area contributed by atoms with Crippen LogP contribution in [0.1, 0.15) is 28.8 Å². The highest BCUT2D eigenvalue weighted by molar-refractivity contribution is 6.08. The second-order valence-electron chi connectivity index (χ2n) is 6.81. The number of aromatic amines is 1. The number of H-pyrrole nitrogens is 1. The third-order valence-corrected chi connectivity index (χ3v) is 5.10. The Bertz CT molecular complexity index is 1130. The van der Waals surface area contributed by atoms with Crippen LogP contribution in [0.25, 0.3) is 10.9 Å². The number of amides is 1. The number of pyridine rings is 1. The molecule has 0 atom stereocenters. The number of carbonyl (C=O) groups is 2. The van der Waals surface area contributed by atoms with Gasteiger partial charge in [-0.25, -0.2) is 0 Å². The molecule has 0 saturated heterocycles. The van der Waals surface area contributed by atoms with Gasteiger partial charge in [-0.3, -0.25) is 14.4 Å². The van der Waals surface area contributed by atoms with Gasteiger partial charge in [-0.05, 0) is 42.1 Å². The SMILES string of the molecule is COc1ccc2cc(CCC(=O)N3CCC(=O)c4ccccc43)c(=O)[nH]c2c1. The minimum Gasteiger partial charge on any atom is -0.497 e. The van der Waals surface area contributed by atoms with Crippen LogP contribution in [-0.2, 0) is 11.2 Å². The van der Waals surface area contributed by atoms with Gasteiger partial charge >= 0.3 is 0 Å². The van der Waals surface area contributed by atoms with Crippen LogP contribution in [0.3, 0.4) is 0 Å². The smallest absolute Gasteiger partial charge is 0.251 e. The van der Waals surface area contributed by atoms with Gasteiger partial charge < -0.3 is 14.6 Å². The fourth-order valence-electron chi connectivity index (χ4n) is 3.59.